The summed E-state index contributed by atoms with van der Waals surface area (Å²) in [6.07, 6.45) is 3.14. The van der Waals surface area contributed by atoms with Gasteiger partial charge in [0.05, 0.1) is 6.42 Å². The lowest BCUT2D eigenvalue weighted by atomic mass is 10.2. The van der Waals surface area contributed by atoms with E-state index in [1.54, 1.807) is 6.92 Å². The molecule has 0 aromatic heterocycles. The number of carboxylic acids is 1. The Morgan fingerprint density at radius 1 is 1.33 bits per heavy atom. The first-order valence-corrected chi connectivity index (χ1v) is 7.38. The molecule has 0 saturated carbocycles. The van der Waals surface area contributed by atoms with Crippen molar-refractivity contribution in [3.63, 3.8) is 0 Å². The van der Waals surface area contributed by atoms with Gasteiger partial charge in [-0.15, -0.1) is 0 Å². The average molecular weight is 236 g/mol. The van der Waals surface area contributed by atoms with E-state index in [4.69, 9.17) is 5.11 Å². The minimum Gasteiger partial charge on any atom is -0.481 e. The zero-order valence-corrected chi connectivity index (χ0v) is 10.4. The third kappa shape index (κ3) is 5.95. The fourth-order valence-corrected chi connectivity index (χ4v) is 3.60. The summed E-state index contributed by atoms with van der Waals surface area (Å²) in [6, 6.07) is 0. The van der Waals surface area contributed by atoms with Crippen LogP contribution in [0.5, 0.6) is 0 Å². The molecule has 0 bridgehead atoms. The number of unbranched alkanes of at least 4 members (excludes halogenated alkanes) is 2. The standard InChI is InChI=1S/C10H21O4P/c1-3-5-6-7-15(13,14)9(4-2)8-10(11)12/h9H,3-8H2,1-2H3,(H,11,12)(H,13,14). The summed E-state index contributed by atoms with van der Waals surface area (Å²) in [5, 5.41) is 8.62. The Bertz CT molecular complexity index is 240. The fraction of sp³-hybridized carbons (Fsp3) is 0.900. The van der Waals surface area contributed by atoms with Gasteiger partial charge in [0.15, 0.2) is 0 Å². The van der Waals surface area contributed by atoms with Crippen LogP contribution in [-0.4, -0.2) is 27.8 Å². The van der Waals surface area contributed by atoms with E-state index in [1.807, 2.05) is 6.92 Å². The molecule has 0 aliphatic rings. The van der Waals surface area contributed by atoms with Crippen LogP contribution in [0, 0.1) is 0 Å². The topological polar surface area (TPSA) is 74.6 Å². The van der Waals surface area contributed by atoms with Gasteiger partial charge in [0.25, 0.3) is 0 Å². The van der Waals surface area contributed by atoms with Crippen molar-refractivity contribution in [3.8, 4) is 0 Å². The number of hydrogen-bond acceptors (Lipinski definition) is 2. The Hall–Kier alpha value is -0.340. The Labute approximate surface area is 91.1 Å². The second-order valence-electron chi connectivity index (χ2n) is 3.85. The molecule has 0 rings (SSSR count). The monoisotopic (exact) mass is 236 g/mol. The zero-order chi connectivity index (χ0) is 11.9. The zero-order valence-electron chi connectivity index (χ0n) is 9.48. The van der Waals surface area contributed by atoms with Crippen LogP contribution in [0.25, 0.3) is 0 Å². The van der Waals surface area contributed by atoms with Crippen LogP contribution in [0.15, 0.2) is 0 Å². The molecule has 4 nitrogen and oxygen atoms in total. The van der Waals surface area contributed by atoms with Gasteiger partial charge in [-0.3, -0.25) is 9.36 Å². The number of carbonyl (C=O) groups is 1. The molecule has 2 atom stereocenters. The van der Waals surface area contributed by atoms with Crippen molar-refractivity contribution < 1.29 is 19.4 Å². The van der Waals surface area contributed by atoms with Crippen LogP contribution in [0.2, 0.25) is 0 Å². The Morgan fingerprint density at radius 3 is 2.33 bits per heavy atom. The highest BCUT2D eigenvalue weighted by atomic mass is 31.2. The van der Waals surface area contributed by atoms with Gasteiger partial charge in [-0.2, -0.15) is 0 Å². The second-order valence-corrected chi connectivity index (χ2v) is 6.54. The summed E-state index contributed by atoms with van der Waals surface area (Å²) in [7, 11) is -3.27. The molecule has 0 aromatic carbocycles. The van der Waals surface area contributed by atoms with Gasteiger partial charge >= 0.3 is 5.97 Å². The smallest absolute Gasteiger partial charge is 0.304 e. The van der Waals surface area contributed by atoms with Gasteiger partial charge < -0.3 is 10.00 Å². The van der Waals surface area contributed by atoms with E-state index in [2.05, 4.69) is 0 Å². The first-order valence-electron chi connectivity index (χ1n) is 5.47. The molecule has 0 spiro atoms. The molecular weight excluding hydrogens is 215 g/mol. The summed E-state index contributed by atoms with van der Waals surface area (Å²) in [5.41, 5.74) is -0.577. The maximum absolute atomic E-state index is 11.8. The van der Waals surface area contributed by atoms with E-state index in [1.165, 1.54) is 0 Å². The summed E-state index contributed by atoms with van der Waals surface area (Å²) < 4.78 is 11.8. The van der Waals surface area contributed by atoms with Gasteiger partial charge in [-0.25, -0.2) is 0 Å². The van der Waals surface area contributed by atoms with Crippen LogP contribution >= 0.6 is 7.37 Å². The Morgan fingerprint density at radius 2 is 1.93 bits per heavy atom. The third-order valence-corrected chi connectivity index (χ3v) is 5.18. The van der Waals surface area contributed by atoms with Crippen LogP contribution in [0.1, 0.15) is 46.0 Å². The minimum atomic E-state index is -3.27. The van der Waals surface area contributed by atoms with Gasteiger partial charge in [-0.05, 0) is 12.8 Å². The lowest BCUT2D eigenvalue weighted by Gasteiger charge is -2.20. The number of carboxylic acid groups (broad SMARTS) is 1. The van der Waals surface area contributed by atoms with E-state index in [-0.39, 0.29) is 12.6 Å². The van der Waals surface area contributed by atoms with E-state index in [9.17, 15) is 14.3 Å². The quantitative estimate of drug-likeness (QED) is 0.502. The molecule has 2 N–H and O–H groups in total. The summed E-state index contributed by atoms with van der Waals surface area (Å²) in [6.45, 7) is 3.78. The molecule has 0 aliphatic carbocycles. The molecule has 90 valence electrons. The van der Waals surface area contributed by atoms with Crippen molar-refractivity contribution in [2.75, 3.05) is 6.16 Å². The van der Waals surface area contributed by atoms with Gasteiger partial charge in [0, 0.05) is 11.8 Å². The normalized spacial score (nSPS) is 17.0. The van der Waals surface area contributed by atoms with E-state index in [0.717, 1.165) is 12.8 Å². The van der Waals surface area contributed by atoms with Crippen LogP contribution in [-0.2, 0) is 9.36 Å². The number of rotatable bonds is 8. The van der Waals surface area contributed by atoms with Crippen molar-refractivity contribution in [2.45, 2.75) is 51.6 Å². The first-order chi connectivity index (χ1) is 6.94. The molecule has 0 saturated heterocycles. The molecular formula is C10H21O4P. The molecule has 0 aliphatic heterocycles. The molecule has 0 radical (unpaired) electrons. The summed E-state index contributed by atoms with van der Waals surface area (Å²) in [5.74, 6) is -0.994. The predicted octanol–water partition coefficient (Wildman–Crippen LogP) is 2.70. The maximum Gasteiger partial charge on any atom is 0.304 e. The maximum atomic E-state index is 11.8. The van der Waals surface area contributed by atoms with Gasteiger partial charge in [0.2, 0.25) is 7.37 Å². The van der Waals surface area contributed by atoms with E-state index < -0.39 is 19.0 Å². The largest absolute Gasteiger partial charge is 0.481 e. The summed E-state index contributed by atoms with van der Waals surface area (Å²) in [4.78, 5) is 20.3. The van der Waals surface area contributed by atoms with Gasteiger partial charge in [-0.1, -0.05) is 26.7 Å². The highest BCUT2D eigenvalue weighted by Gasteiger charge is 2.30. The van der Waals surface area contributed by atoms with Crippen molar-refractivity contribution in [1.82, 2.24) is 0 Å². The van der Waals surface area contributed by atoms with Crippen molar-refractivity contribution in [2.24, 2.45) is 0 Å². The van der Waals surface area contributed by atoms with Crippen LogP contribution < -0.4 is 0 Å². The first kappa shape index (κ1) is 14.7. The molecule has 0 heterocycles. The highest BCUT2D eigenvalue weighted by Crippen LogP contribution is 2.49. The lowest BCUT2D eigenvalue weighted by Crippen LogP contribution is -2.15. The molecule has 0 aromatic rings. The van der Waals surface area contributed by atoms with Crippen LogP contribution in [0.3, 0.4) is 0 Å². The second kappa shape index (κ2) is 7.02. The highest BCUT2D eigenvalue weighted by molar-refractivity contribution is 7.58. The Kier molecular flexibility index (Phi) is 6.86. The van der Waals surface area contributed by atoms with Crippen molar-refractivity contribution >= 4 is 13.3 Å². The van der Waals surface area contributed by atoms with E-state index in [0.29, 0.717) is 12.8 Å². The van der Waals surface area contributed by atoms with Gasteiger partial charge in [0.1, 0.15) is 0 Å². The molecule has 2 unspecified atom stereocenters. The molecule has 15 heavy (non-hydrogen) atoms. The number of hydrogen-bond donors (Lipinski definition) is 2. The summed E-state index contributed by atoms with van der Waals surface area (Å²) >= 11 is 0. The Balaban J connectivity index is 4.24. The minimum absolute atomic E-state index is 0.198. The average Bonchev–Trinajstić information content (AvgIpc) is 2.14. The SMILES string of the molecule is CCCCCP(=O)(O)C(CC)CC(=O)O. The van der Waals surface area contributed by atoms with Crippen molar-refractivity contribution in [3.05, 3.63) is 0 Å². The number of aliphatic carboxylic acids is 1. The molecule has 5 heteroatoms. The third-order valence-electron chi connectivity index (χ3n) is 2.53. The van der Waals surface area contributed by atoms with E-state index >= 15 is 0 Å². The molecule has 0 fully saturated rings. The lowest BCUT2D eigenvalue weighted by molar-refractivity contribution is -0.137. The molecule has 0 amide bonds. The fourth-order valence-electron chi connectivity index (χ4n) is 1.54. The van der Waals surface area contributed by atoms with Crippen LogP contribution in [0.4, 0.5) is 0 Å². The van der Waals surface area contributed by atoms with Crippen molar-refractivity contribution in [1.29, 1.82) is 0 Å². The predicted molar refractivity (Wildman–Crippen MR) is 60.5 cm³/mol.